The fourth-order valence-corrected chi connectivity index (χ4v) is 7.28. The average Bonchev–Trinajstić information content (AvgIpc) is 3.28. The van der Waals surface area contributed by atoms with Gasteiger partial charge in [0, 0.05) is 0 Å². The topological polar surface area (TPSA) is 320 Å². The molecule has 21 heteroatoms. The van der Waals surface area contributed by atoms with Crippen molar-refractivity contribution < 1.29 is 48.3 Å². The first-order valence-electron chi connectivity index (χ1n) is 25.8. The van der Waals surface area contributed by atoms with Crippen molar-refractivity contribution in [1.82, 2.24) is 53.2 Å². The summed E-state index contributed by atoms with van der Waals surface area (Å²) in [7, 11) is 0. The van der Waals surface area contributed by atoms with Gasteiger partial charge in [-0.2, -0.15) is 0 Å². The van der Waals surface area contributed by atoms with E-state index >= 15 is 0 Å². The Morgan fingerprint density at radius 1 is 0.507 bits per heavy atom. The smallest absolute Gasteiger partial charge is 0.245 e. The van der Waals surface area contributed by atoms with Crippen LogP contribution in [0.5, 0.6) is 0 Å². The van der Waals surface area contributed by atoms with Crippen molar-refractivity contribution in [3.8, 4) is 0 Å². The predicted molar refractivity (Wildman–Crippen MR) is 275 cm³/mol. The third kappa shape index (κ3) is 27.5. The van der Waals surface area contributed by atoms with Crippen molar-refractivity contribution in [2.75, 3.05) is 39.3 Å². The van der Waals surface area contributed by atoms with E-state index < -0.39 is 101 Å². The second-order valence-corrected chi connectivity index (χ2v) is 21.2. The number of carbonyl (C=O) groups is 9. The van der Waals surface area contributed by atoms with Gasteiger partial charge in [-0.15, -0.1) is 0 Å². The molecule has 5 atom stereocenters. The third-order valence-corrected chi connectivity index (χ3v) is 12.1. The molecule has 21 nitrogen and oxygen atoms in total. The molecule has 0 rings (SSSR count). The van der Waals surface area contributed by atoms with Crippen LogP contribution in [0.3, 0.4) is 0 Å². The minimum Gasteiger partial charge on any atom is -0.394 e. The quantitative estimate of drug-likeness (QED) is 0.0389. The van der Waals surface area contributed by atoms with Gasteiger partial charge in [-0.3, -0.25) is 43.2 Å². The fourth-order valence-electron chi connectivity index (χ4n) is 7.28. The highest BCUT2D eigenvalue weighted by Crippen LogP contribution is 2.13. The molecule has 0 heterocycles. The van der Waals surface area contributed by atoms with Crippen LogP contribution in [0.15, 0.2) is 0 Å². The van der Waals surface area contributed by atoms with E-state index in [-0.39, 0.29) is 56.1 Å². The lowest BCUT2D eigenvalue weighted by atomic mass is 9.98. The highest BCUT2D eigenvalue weighted by Gasteiger charge is 2.36. The summed E-state index contributed by atoms with van der Waals surface area (Å²) in [5, 5.41) is 36.6. The second-order valence-electron chi connectivity index (χ2n) is 21.2. The van der Waals surface area contributed by atoms with E-state index in [0.29, 0.717) is 25.9 Å². The second kappa shape index (κ2) is 33.7. The lowest BCUT2D eigenvalue weighted by molar-refractivity contribution is -0.136. The number of hydrogen-bond acceptors (Lipinski definition) is 12. The number of unbranched alkanes of at least 4 members (excludes halogenated alkanes) is 6. The largest absolute Gasteiger partial charge is 0.394 e. The standard InChI is InChI=1S/C50H95N11O10/c1-14-16-17-18-19-22-25-55-48(8,9)45(69)52-29-40(64)57-36(26-32(3)4)43(67)60-49(10,11)46(70)53-28-39(63)56-35(23-20-21-24-51)42(66)59-37(27-33(5)6)44(68)61-50(12,13)47(71)54-30-41(65)58-38(31-62)34(7)15-2/h32-38,55,62H,14-31,51H2,1-13H3,(H,52,69)(H,53,70)(H,54,71)(H,56,63)(H,57,64)(H,58,65)(H,59,66)(H,60,67)(H,61,68)/t34?,35-,36-,37-,38+/m0/s1. The van der Waals surface area contributed by atoms with Crippen LogP contribution in [-0.4, -0.2) is 138 Å². The van der Waals surface area contributed by atoms with Crippen LogP contribution in [0.4, 0.5) is 0 Å². The highest BCUT2D eigenvalue weighted by molar-refractivity contribution is 5.98. The molecule has 410 valence electrons. The van der Waals surface area contributed by atoms with Gasteiger partial charge in [-0.05, 0) is 111 Å². The average molecular weight is 1010 g/mol. The molecule has 0 aromatic heterocycles. The molecule has 0 fully saturated rings. The SMILES string of the molecule is CCCCCCCCNC(C)(C)C(=O)NCC(=O)N[C@@H](CC(C)C)C(=O)NC(C)(C)C(=O)NCC(=O)N[C@@H](CCCCN)C(=O)N[C@@H](CC(C)C)C(=O)NC(C)(C)C(=O)NCC(=O)N[C@H](CO)C(C)CC. The number of nitrogens with two attached hydrogens (primary N) is 1. The molecule has 0 bridgehead atoms. The number of amides is 9. The zero-order chi connectivity index (χ0) is 54.5. The van der Waals surface area contributed by atoms with Crippen LogP contribution < -0.4 is 58.9 Å². The first kappa shape index (κ1) is 66.1. The summed E-state index contributed by atoms with van der Waals surface area (Å²) in [6.07, 6.45) is 8.92. The van der Waals surface area contributed by atoms with Crippen LogP contribution in [-0.2, 0) is 43.2 Å². The molecule has 0 saturated heterocycles. The van der Waals surface area contributed by atoms with Gasteiger partial charge in [0.2, 0.25) is 53.2 Å². The molecule has 0 radical (unpaired) electrons. The van der Waals surface area contributed by atoms with Gasteiger partial charge in [0.05, 0.1) is 37.8 Å². The Balaban J connectivity index is 5.66. The minimum absolute atomic E-state index is 0.00405. The van der Waals surface area contributed by atoms with E-state index in [1.165, 1.54) is 47.0 Å². The summed E-state index contributed by atoms with van der Waals surface area (Å²) in [5.74, 6) is -5.74. The van der Waals surface area contributed by atoms with Crippen LogP contribution in [0, 0.1) is 17.8 Å². The Bertz CT molecular complexity index is 1710. The minimum atomic E-state index is -1.57. The Kier molecular flexibility index (Phi) is 31.4. The normalized spacial score (nSPS) is 14.0. The Hall–Kier alpha value is -4.89. The molecular weight excluding hydrogens is 915 g/mol. The first-order valence-corrected chi connectivity index (χ1v) is 25.8. The fraction of sp³-hybridized carbons (Fsp3) is 0.820. The maximum atomic E-state index is 13.8. The Labute approximate surface area is 424 Å². The van der Waals surface area contributed by atoms with E-state index in [1.54, 1.807) is 13.8 Å². The van der Waals surface area contributed by atoms with Gasteiger partial charge in [0.1, 0.15) is 29.2 Å². The summed E-state index contributed by atoms with van der Waals surface area (Å²) < 4.78 is 0. The molecule has 9 amide bonds. The monoisotopic (exact) mass is 1010 g/mol. The van der Waals surface area contributed by atoms with Gasteiger partial charge in [-0.1, -0.05) is 87.0 Å². The van der Waals surface area contributed by atoms with Crippen molar-refractivity contribution in [1.29, 1.82) is 0 Å². The van der Waals surface area contributed by atoms with Crippen molar-refractivity contribution >= 4 is 53.2 Å². The van der Waals surface area contributed by atoms with Crippen LogP contribution in [0.1, 0.15) is 167 Å². The summed E-state index contributed by atoms with van der Waals surface area (Å²) in [6, 6.07) is -3.82. The summed E-state index contributed by atoms with van der Waals surface area (Å²) in [6.45, 7) is 22.0. The zero-order valence-corrected chi connectivity index (χ0v) is 45.5. The van der Waals surface area contributed by atoms with Crippen molar-refractivity contribution in [3.63, 3.8) is 0 Å². The van der Waals surface area contributed by atoms with Crippen LogP contribution in [0.25, 0.3) is 0 Å². The highest BCUT2D eigenvalue weighted by atomic mass is 16.3. The van der Waals surface area contributed by atoms with E-state index in [0.717, 1.165) is 25.7 Å². The number of aliphatic hydroxyl groups excluding tert-OH is 1. The zero-order valence-electron chi connectivity index (χ0n) is 45.5. The molecule has 0 aliphatic heterocycles. The van der Waals surface area contributed by atoms with Gasteiger partial charge in [-0.25, -0.2) is 0 Å². The molecule has 0 saturated carbocycles. The predicted octanol–water partition coefficient (Wildman–Crippen LogP) is 1.05. The molecule has 1 unspecified atom stereocenters. The number of hydrogen-bond donors (Lipinski definition) is 12. The third-order valence-electron chi connectivity index (χ3n) is 12.1. The lowest BCUT2D eigenvalue weighted by Gasteiger charge is -2.30. The summed E-state index contributed by atoms with van der Waals surface area (Å²) in [4.78, 5) is 119. The number of nitrogens with one attached hydrogen (secondary N) is 10. The Morgan fingerprint density at radius 2 is 0.930 bits per heavy atom. The number of aliphatic hydroxyl groups is 1. The molecule has 13 N–H and O–H groups in total. The maximum absolute atomic E-state index is 13.8. The van der Waals surface area contributed by atoms with Crippen molar-refractivity contribution in [2.45, 2.75) is 208 Å². The first-order chi connectivity index (χ1) is 33.1. The number of carbonyl (C=O) groups excluding carboxylic acids is 9. The Morgan fingerprint density at radius 3 is 1.37 bits per heavy atom. The number of rotatable bonds is 37. The molecular formula is C50H95N11O10. The summed E-state index contributed by atoms with van der Waals surface area (Å²) >= 11 is 0. The molecule has 0 aliphatic rings. The van der Waals surface area contributed by atoms with Crippen LogP contribution >= 0.6 is 0 Å². The van der Waals surface area contributed by atoms with Gasteiger partial charge in [0.15, 0.2) is 0 Å². The van der Waals surface area contributed by atoms with Gasteiger partial charge >= 0.3 is 0 Å². The molecule has 0 spiro atoms. The lowest BCUT2D eigenvalue weighted by Crippen LogP contribution is -2.62. The van der Waals surface area contributed by atoms with Crippen molar-refractivity contribution in [2.24, 2.45) is 23.5 Å². The van der Waals surface area contributed by atoms with E-state index in [1.807, 2.05) is 41.5 Å². The van der Waals surface area contributed by atoms with Crippen molar-refractivity contribution in [3.05, 3.63) is 0 Å². The van der Waals surface area contributed by atoms with E-state index in [9.17, 15) is 48.3 Å². The van der Waals surface area contributed by atoms with E-state index in [2.05, 4.69) is 60.1 Å². The molecule has 0 aromatic carbocycles. The van der Waals surface area contributed by atoms with E-state index in [4.69, 9.17) is 5.73 Å². The molecule has 0 aromatic rings. The maximum Gasteiger partial charge on any atom is 0.245 e. The molecule has 71 heavy (non-hydrogen) atoms. The van der Waals surface area contributed by atoms with Gasteiger partial charge in [0.25, 0.3) is 0 Å². The van der Waals surface area contributed by atoms with Crippen LogP contribution in [0.2, 0.25) is 0 Å². The molecule has 0 aliphatic carbocycles. The summed E-state index contributed by atoms with van der Waals surface area (Å²) in [5.41, 5.74) is 1.69. The van der Waals surface area contributed by atoms with Gasteiger partial charge < -0.3 is 64.0 Å².